The third-order valence-corrected chi connectivity index (χ3v) is 3.17. The molecule has 0 aromatic heterocycles. The molecule has 0 atom stereocenters. The summed E-state index contributed by atoms with van der Waals surface area (Å²) in [4.78, 5) is 12.2. The summed E-state index contributed by atoms with van der Waals surface area (Å²) in [6, 6.07) is 7.38. The second kappa shape index (κ2) is 5.63. The van der Waals surface area contributed by atoms with Gasteiger partial charge in [-0.15, -0.1) is 12.4 Å². The molecule has 1 aromatic carbocycles. The molecule has 0 unspecified atom stereocenters. The topological polar surface area (TPSA) is 49.3 Å². The quantitative estimate of drug-likeness (QED) is 0.791. The van der Waals surface area contributed by atoms with E-state index in [-0.39, 0.29) is 18.2 Å². The number of benzene rings is 1. The molecule has 1 aromatic rings. The van der Waals surface area contributed by atoms with E-state index in [1.165, 1.54) is 0 Å². The second-order valence-corrected chi connectivity index (χ2v) is 4.48. The lowest BCUT2D eigenvalue weighted by atomic mass is 9.84. The first-order chi connectivity index (χ1) is 7.62. The Bertz CT molecular complexity index is 383. The van der Waals surface area contributed by atoms with Gasteiger partial charge in [0.25, 0.3) is 0 Å². The fourth-order valence-corrected chi connectivity index (χ4v) is 2.04. The first kappa shape index (κ1) is 14.2. The Morgan fingerprint density at radius 1 is 1.24 bits per heavy atom. The zero-order valence-electron chi connectivity index (χ0n) is 9.90. The van der Waals surface area contributed by atoms with Gasteiger partial charge >= 0.3 is 0 Å². The van der Waals surface area contributed by atoms with Gasteiger partial charge in [-0.3, -0.25) is 4.79 Å². The zero-order chi connectivity index (χ0) is 11.6. The van der Waals surface area contributed by atoms with Crippen LogP contribution in [0.25, 0.3) is 0 Å². The predicted octanol–water partition coefficient (Wildman–Crippen LogP) is 1.71. The molecule has 3 nitrogen and oxygen atoms in total. The number of nitrogens with one attached hydrogen (secondary N) is 1. The molecule has 1 aliphatic rings. The molecule has 94 valence electrons. The summed E-state index contributed by atoms with van der Waals surface area (Å²) in [5, 5.41) is 13.4. The Morgan fingerprint density at radius 3 is 2.29 bits per heavy atom. The lowest BCUT2D eigenvalue weighted by molar-refractivity contribution is 0.0155. The lowest BCUT2D eigenvalue weighted by Crippen LogP contribution is -2.47. The molecule has 0 bridgehead atoms. The standard InChI is InChI=1S/C13H17NO2.ClH/c1-10-2-4-11(5-3-10)12(15)13(16)6-8-14-9-7-13;/h2-5,14,16H,6-9H2,1H3;1H. The van der Waals surface area contributed by atoms with Crippen molar-refractivity contribution >= 4 is 18.2 Å². The summed E-state index contributed by atoms with van der Waals surface area (Å²) in [7, 11) is 0. The highest BCUT2D eigenvalue weighted by Gasteiger charge is 2.37. The summed E-state index contributed by atoms with van der Waals surface area (Å²) in [6.07, 6.45) is 0.999. The Kier molecular flexibility index (Phi) is 4.69. The van der Waals surface area contributed by atoms with Gasteiger partial charge in [0, 0.05) is 5.56 Å². The maximum atomic E-state index is 12.2. The number of halogens is 1. The molecule has 2 rings (SSSR count). The van der Waals surface area contributed by atoms with Crippen molar-refractivity contribution in [3.05, 3.63) is 35.4 Å². The van der Waals surface area contributed by atoms with Crippen molar-refractivity contribution in [3.63, 3.8) is 0 Å². The minimum atomic E-state index is -1.17. The minimum absolute atomic E-state index is 0. The third-order valence-electron chi connectivity index (χ3n) is 3.17. The number of Topliss-reactive ketones (excluding diaryl/α,β-unsaturated/α-hetero) is 1. The van der Waals surface area contributed by atoms with E-state index in [1.54, 1.807) is 12.1 Å². The van der Waals surface area contributed by atoms with Crippen LogP contribution in [0.3, 0.4) is 0 Å². The van der Waals surface area contributed by atoms with Crippen LogP contribution in [0.5, 0.6) is 0 Å². The molecule has 1 saturated heterocycles. The van der Waals surface area contributed by atoms with Gasteiger partial charge in [-0.2, -0.15) is 0 Å². The van der Waals surface area contributed by atoms with Gasteiger partial charge in [-0.25, -0.2) is 0 Å². The average Bonchev–Trinajstić information content (AvgIpc) is 2.30. The Balaban J connectivity index is 0.00000144. The fraction of sp³-hybridized carbons (Fsp3) is 0.462. The monoisotopic (exact) mass is 255 g/mol. The number of rotatable bonds is 2. The highest BCUT2D eigenvalue weighted by Crippen LogP contribution is 2.23. The normalized spacial score (nSPS) is 18.2. The van der Waals surface area contributed by atoms with Gasteiger partial charge in [0.1, 0.15) is 5.60 Å². The van der Waals surface area contributed by atoms with Crippen LogP contribution in [0, 0.1) is 6.92 Å². The zero-order valence-corrected chi connectivity index (χ0v) is 10.7. The first-order valence-electron chi connectivity index (χ1n) is 5.66. The van der Waals surface area contributed by atoms with E-state index in [0.29, 0.717) is 31.5 Å². The smallest absolute Gasteiger partial charge is 0.194 e. The van der Waals surface area contributed by atoms with Crippen LogP contribution >= 0.6 is 12.4 Å². The van der Waals surface area contributed by atoms with Crippen LogP contribution in [0.2, 0.25) is 0 Å². The first-order valence-corrected chi connectivity index (χ1v) is 5.66. The molecule has 4 heteroatoms. The number of carbonyl (C=O) groups excluding carboxylic acids is 1. The molecule has 2 N–H and O–H groups in total. The van der Waals surface area contributed by atoms with Crippen molar-refractivity contribution in [2.24, 2.45) is 0 Å². The van der Waals surface area contributed by atoms with E-state index in [1.807, 2.05) is 19.1 Å². The van der Waals surface area contributed by atoms with E-state index in [4.69, 9.17) is 0 Å². The third kappa shape index (κ3) is 3.06. The number of ketones is 1. The summed E-state index contributed by atoms with van der Waals surface area (Å²) >= 11 is 0. The van der Waals surface area contributed by atoms with Crippen LogP contribution in [0.1, 0.15) is 28.8 Å². The largest absolute Gasteiger partial charge is 0.382 e. The van der Waals surface area contributed by atoms with Gasteiger partial charge in [0.2, 0.25) is 0 Å². The van der Waals surface area contributed by atoms with Crippen molar-refractivity contribution in [2.75, 3.05) is 13.1 Å². The van der Waals surface area contributed by atoms with Gasteiger partial charge < -0.3 is 10.4 Å². The number of aliphatic hydroxyl groups is 1. The van der Waals surface area contributed by atoms with E-state index < -0.39 is 5.60 Å². The molecule has 1 fully saturated rings. The van der Waals surface area contributed by atoms with Crippen LogP contribution in [0.4, 0.5) is 0 Å². The van der Waals surface area contributed by atoms with Gasteiger partial charge in [-0.1, -0.05) is 29.8 Å². The molecule has 1 heterocycles. The molecule has 0 saturated carbocycles. The number of carbonyl (C=O) groups is 1. The minimum Gasteiger partial charge on any atom is -0.382 e. The van der Waals surface area contributed by atoms with E-state index in [2.05, 4.69) is 5.32 Å². The predicted molar refractivity (Wildman–Crippen MR) is 69.8 cm³/mol. The molecular weight excluding hydrogens is 238 g/mol. The Hall–Kier alpha value is -0.900. The van der Waals surface area contributed by atoms with Gasteiger partial charge in [-0.05, 0) is 32.9 Å². The summed E-state index contributed by atoms with van der Waals surface area (Å²) in [6.45, 7) is 3.38. The number of piperidine rings is 1. The molecule has 0 aliphatic carbocycles. The molecular formula is C13H18ClNO2. The van der Waals surface area contributed by atoms with Crippen LogP contribution < -0.4 is 5.32 Å². The van der Waals surface area contributed by atoms with Crippen molar-refractivity contribution in [3.8, 4) is 0 Å². The van der Waals surface area contributed by atoms with Crippen molar-refractivity contribution < 1.29 is 9.90 Å². The average molecular weight is 256 g/mol. The van der Waals surface area contributed by atoms with Crippen LogP contribution in [0.15, 0.2) is 24.3 Å². The maximum Gasteiger partial charge on any atom is 0.194 e. The van der Waals surface area contributed by atoms with Gasteiger partial charge in [0.15, 0.2) is 5.78 Å². The van der Waals surface area contributed by atoms with Crippen molar-refractivity contribution in [1.82, 2.24) is 5.32 Å². The Labute approximate surface area is 108 Å². The van der Waals surface area contributed by atoms with Gasteiger partial charge in [0.05, 0.1) is 0 Å². The molecule has 0 amide bonds. The van der Waals surface area contributed by atoms with E-state index >= 15 is 0 Å². The van der Waals surface area contributed by atoms with Crippen molar-refractivity contribution in [2.45, 2.75) is 25.4 Å². The number of hydrogen-bond donors (Lipinski definition) is 2. The summed E-state index contributed by atoms with van der Waals surface area (Å²) < 4.78 is 0. The van der Waals surface area contributed by atoms with Crippen molar-refractivity contribution in [1.29, 1.82) is 0 Å². The molecule has 0 spiro atoms. The van der Waals surface area contributed by atoms with E-state index in [9.17, 15) is 9.90 Å². The molecule has 17 heavy (non-hydrogen) atoms. The number of aryl methyl sites for hydroxylation is 1. The lowest BCUT2D eigenvalue weighted by Gasteiger charge is -2.31. The highest BCUT2D eigenvalue weighted by atomic mass is 35.5. The fourth-order valence-electron chi connectivity index (χ4n) is 2.04. The highest BCUT2D eigenvalue weighted by molar-refractivity contribution is 6.02. The van der Waals surface area contributed by atoms with E-state index in [0.717, 1.165) is 5.56 Å². The SMILES string of the molecule is Cc1ccc(C(=O)C2(O)CCNCC2)cc1.Cl. The summed E-state index contributed by atoms with van der Waals surface area (Å²) in [5.74, 6) is -0.144. The molecule has 0 radical (unpaired) electrons. The maximum absolute atomic E-state index is 12.2. The molecule has 1 aliphatic heterocycles. The van der Waals surface area contributed by atoms with Crippen LogP contribution in [-0.2, 0) is 0 Å². The van der Waals surface area contributed by atoms with Crippen LogP contribution in [-0.4, -0.2) is 29.6 Å². The second-order valence-electron chi connectivity index (χ2n) is 4.48. The summed E-state index contributed by atoms with van der Waals surface area (Å²) in [5.41, 5.74) is 0.560. The Morgan fingerprint density at radius 2 is 1.76 bits per heavy atom. The number of hydrogen-bond acceptors (Lipinski definition) is 3.